The zero-order valence-corrected chi connectivity index (χ0v) is 72.0. The summed E-state index contributed by atoms with van der Waals surface area (Å²) in [6, 6.07) is 2.74. The molecule has 47 nitrogen and oxygen atoms in total. The van der Waals surface area contributed by atoms with E-state index in [0.29, 0.717) is 19.6 Å². The molecule has 5 unspecified atom stereocenters. The van der Waals surface area contributed by atoms with E-state index in [1.54, 1.807) is 0 Å². The lowest BCUT2D eigenvalue weighted by Crippen LogP contribution is -2.40. The SMILES string of the molecule is COC1[C@@H](OP(=O)(S)OC[C@H]2O[C@@H](n3ccc(N)nc3=O)C[C@H]2OP(=O)(S)OC[C@H]2O[C@@H](n3cnc4c(=O)[nH]c(N)nc43)C[C@H]2OP(=O)(S)OC[C@H]2O[C@@H](n3cc(C)c(=O)[nH]c3=O)C[C@H]2OP(=S)(OCCOCCOCCNC(=O)CCOCCN)OC[C@H]2O[C@@H](n3ccc(N)nc3=O)C[C@H]2C(C)C)[C@@H](CO)O[C@H]1n1cc(Br)c(=O)[nH]c1=O. The molecule has 5 aliphatic rings. The number of hydrogen-bond acceptors (Lipinski definition) is 39. The summed E-state index contributed by atoms with van der Waals surface area (Å²) in [5, 5.41) is 13.1. The molecule has 5 saturated heterocycles. The molecule has 0 aromatic carbocycles. The molecule has 6 aromatic rings. The second-order valence-corrected chi connectivity index (χ2v) is 39.8. The predicted octanol–water partition coefficient (Wildman–Crippen LogP) is 1.36. The zero-order chi connectivity index (χ0) is 85.1. The first-order valence-corrected chi connectivity index (χ1v) is 47.9. The number of methoxy groups -OCH3 is 1. The van der Waals surface area contributed by atoms with E-state index >= 15 is 4.57 Å². The highest BCUT2D eigenvalue weighted by atomic mass is 79.9. The fraction of sp³-hybridized carbons (Fsp3) is 0.645. The minimum absolute atomic E-state index is 0.00835. The fourth-order valence-corrected chi connectivity index (χ4v) is 20.3. The number of nitrogens with two attached hydrogens (primary N) is 4. The molecule has 0 spiro atoms. The Bertz CT molecular complexity index is 5150. The fourth-order valence-electron chi connectivity index (χ4n) is 13.3. The average molecular weight is 1890 g/mol. The third kappa shape index (κ3) is 24.3. The molecule has 654 valence electrons. The number of thiol groups is 3. The predicted molar refractivity (Wildman–Crippen MR) is 430 cm³/mol. The summed E-state index contributed by atoms with van der Waals surface area (Å²) in [7, 11) is 1.20. The number of nitrogens with one attached hydrogen (secondary N) is 4. The van der Waals surface area contributed by atoms with Gasteiger partial charge in [-0.15, -0.1) is 0 Å². The number of aryl methyl sites for hydroxylation is 1. The van der Waals surface area contributed by atoms with Gasteiger partial charge in [0.1, 0.15) is 85.4 Å². The van der Waals surface area contributed by atoms with Gasteiger partial charge >= 0.3 is 49.9 Å². The second kappa shape index (κ2) is 41.3. The van der Waals surface area contributed by atoms with Crippen molar-refractivity contribution in [3.05, 3.63) is 126 Å². The number of hydrogen-bond donors (Lipinski definition) is 12. The minimum Gasteiger partial charge on any atom is -0.394 e. The van der Waals surface area contributed by atoms with Crippen molar-refractivity contribution in [3.63, 3.8) is 0 Å². The third-order valence-corrected chi connectivity index (χ3v) is 26.8. The number of imidazole rings is 1. The van der Waals surface area contributed by atoms with Crippen LogP contribution in [0.4, 0.5) is 17.6 Å². The van der Waals surface area contributed by atoms with Gasteiger partial charge in [0.25, 0.3) is 16.7 Å². The number of aliphatic hydroxyl groups is 1. The van der Waals surface area contributed by atoms with Gasteiger partial charge in [-0.25, -0.2) is 37.9 Å². The number of ether oxygens (including phenoxy) is 9. The topological polar surface area (TPSA) is 614 Å². The molecular weight excluding hydrogens is 1790 g/mol. The van der Waals surface area contributed by atoms with Crippen LogP contribution in [0.15, 0.2) is 81.3 Å². The molecule has 0 saturated carbocycles. The van der Waals surface area contributed by atoms with Crippen LogP contribution in [-0.2, 0) is 114 Å². The molecule has 6 aromatic heterocycles. The van der Waals surface area contributed by atoms with Crippen molar-refractivity contribution in [1.29, 1.82) is 0 Å². The lowest BCUT2D eigenvalue weighted by molar-refractivity contribution is -0.122. The maximum atomic E-state index is 15.0. The standard InChI is InChI=1S/C62H90BrN17O30P4S4/c1-31(2)33-19-46(76-10-5-43(65)70-59(76)86)102-39(33)26-101-114(118,97-18-17-96-16-15-95-14-9-68-45(82)7-12-94-13-8-64)109-37-22-48(78-23-32(3)54(83)74-61(78)88)104-42(37)29-99-112(91,116)108-36-21-49(80-30-69-50-53(80)72-58(67)73-56(50)85)105-41(36)27-98-111(90,115)107-35-20-47(77-11-6-44(66)71-60(77)87)103-40(35)28-100-113(92,117)110-51-38(25-81)106-57(52(51)93-4)79-24-34(63)55(84)75-62(79)89/h5-6,10-11,23-24,30-31,33,35-42,46-49,51-52,57,81H,7-9,12-22,25-29,64H2,1-4H3,(H,68,82)(H,90,115)(H,91,116)(H,92,117)(H2,65,70,86)(H2,66,71,87)(H,74,83,88)(H,75,84,89)(H3,67,72,73,85)/t33-,35+,36+,37+,38+,39+,40+,41+,42+,46+,47+,48+,49+,51-,52?,57+,111?,112?,113?,114?/m0/s1. The Kier molecular flexibility index (Phi) is 32.6. The van der Waals surface area contributed by atoms with Crippen molar-refractivity contribution < 1.29 is 107 Å². The summed E-state index contributed by atoms with van der Waals surface area (Å²) in [5.74, 6) is -0.958. The van der Waals surface area contributed by atoms with Crippen molar-refractivity contribution >= 4 is 126 Å². The van der Waals surface area contributed by atoms with E-state index in [1.165, 1.54) is 60.2 Å². The van der Waals surface area contributed by atoms with Crippen LogP contribution < -0.4 is 67.7 Å². The zero-order valence-electron chi connectivity index (χ0n) is 63.3. The van der Waals surface area contributed by atoms with Gasteiger partial charge in [0.2, 0.25) is 11.9 Å². The van der Waals surface area contributed by atoms with E-state index in [2.05, 4.69) is 92.9 Å². The van der Waals surface area contributed by atoms with E-state index in [4.69, 9.17) is 118 Å². The molecule has 0 aliphatic carbocycles. The highest BCUT2D eigenvalue weighted by Gasteiger charge is 2.52. The number of fused-ring (bicyclic) bond motifs is 1. The molecule has 56 heteroatoms. The number of nitrogens with zero attached hydrogens (tertiary/aromatic N) is 9. The summed E-state index contributed by atoms with van der Waals surface area (Å²) < 4.78 is 159. The summed E-state index contributed by atoms with van der Waals surface area (Å²) in [4.78, 5) is 126. The minimum atomic E-state index is -4.80. The molecule has 11 rings (SSSR count). The number of aromatic nitrogens is 12. The van der Waals surface area contributed by atoms with Gasteiger partial charge in [-0.05, 0) is 65.0 Å². The number of amides is 1. The van der Waals surface area contributed by atoms with Gasteiger partial charge in [-0.3, -0.25) is 84.1 Å². The lowest BCUT2D eigenvalue weighted by atomic mass is 9.89. The van der Waals surface area contributed by atoms with Crippen molar-refractivity contribution in [2.24, 2.45) is 17.6 Å². The van der Waals surface area contributed by atoms with Crippen LogP contribution in [0.25, 0.3) is 11.2 Å². The molecule has 20 atom stereocenters. The van der Waals surface area contributed by atoms with Crippen molar-refractivity contribution in [2.45, 2.75) is 145 Å². The Balaban J connectivity index is 0.807. The Hall–Kier alpha value is -5.59. The first-order valence-electron chi connectivity index (χ1n) is 36.4. The van der Waals surface area contributed by atoms with Crippen molar-refractivity contribution in [1.82, 2.24) is 63.0 Å². The third-order valence-electron chi connectivity index (χ3n) is 19.0. The molecule has 0 radical (unpaired) electrons. The smallest absolute Gasteiger partial charge is 0.386 e. The van der Waals surface area contributed by atoms with E-state index in [0.717, 1.165) is 19.9 Å². The Morgan fingerprint density at radius 2 is 1.14 bits per heavy atom. The Labute approximate surface area is 697 Å². The average Bonchev–Trinajstić information content (AvgIpc) is 1.63. The molecule has 0 bridgehead atoms. The lowest BCUT2D eigenvalue weighted by Gasteiger charge is -2.30. The van der Waals surface area contributed by atoms with Crippen LogP contribution in [-0.4, -0.2) is 229 Å². The maximum Gasteiger partial charge on any atom is 0.386 e. The summed E-state index contributed by atoms with van der Waals surface area (Å²) >= 11 is 22.2. The number of halogens is 1. The van der Waals surface area contributed by atoms with E-state index in [9.17, 15) is 52.6 Å². The summed E-state index contributed by atoms with van der Waals surface area (Å²) in [6.45, 7) is -15.2. The highest BCUT2D eigenvalue weighted by molar-refractivity contribution is 9.10. The van der Waals surface area contributed by atoms with E-state index in [1.807, 2.05) is 13.8 Å². The molecular formula is C62H90BrN17O30P4S4. The van der Waals surface area contributed by atoms with Crippen LogP contribution in [0.3, 0.4) is 0 Å². The number of nitrogen functional groups attached to an aromatic ring is 3. The number of aliphatic hydroxyl groups excluding tert-OH is 1. The number of rotatable bonds is 43. The van der Waals surface area contributed by atoms with Gasteiger partial charge in [0, 0.05) is 76.2 Å². The Morgan fingerprint density at radius 1 is 0.619 bits per heavy atom. The van der Waals surface area contributed by atoms with Gasteiger partial charge in [-0.2, -0.15) is 15.0 Å². The van der Waals surface area contributed by atoms with Crippen LogP contribution in [0.2, 0.25) is 0 Å². The molecule has 5 fully saturated rings. The first-order chi connectivity index (χ1) is 56.0. The largest absolute Gasteiger partial charge is 0.394 e. The normalized spacial score (nSPS) is 27.4. The van der Waals surface area contributed by atoms with Crippen molar-refractivity contribution in [3.8, 4) is 0 Å². The van der Waals surface area contributed by atoms with E-state index in [-0.39, 0.29) is 135 Å². The number of H-pyrrole nitrogens is 3. The summed E-state index contributed by atoms with van der Waals surface area (Å²) in [5.41, 5.74) is 17.3. The van der Waals surface area contributed by atoms with Crippen LogP contribution in [0, 0.1) is 18.8 Å². The van der Waals surface area contributed by atoms with Gasteiger partial charge in [0.15, 0.2) is 17.4 Å². The monoisotopic (exact) mass is 1880 g/mol. The molecule has 5 aliphatic heterocycles. The molecule has 11 heterocycles. The number of carbonyl (C=O) groups excluding carboxylic acids is 1. The molecule has 118 heavy (non-hydrogen) atoms. The van der Waals surface area contributed by atoms with Gasteiger partial charge in [0.05, 0.1) is 102 Å². The van der Waals surface area contributed by atoms with Gasteiger partial charge < -0.3 is 89.6 Å². The van der Waals surface area contributed by atoms with Gasteiger partial charge in [-0.1, -0.05) is 50.6 Å². The number of carbonyl (C=O) groups is 1. The quantitative estimate of drug-likeness (QED) is 0.0146. The second-order valence-electron chi connectivity index (χ2n) is 27.4. The molecule has 1 amide bonds. The maximum absolute atomic E-state index is 15.0. The van der Waals surface area contributed by atoms with Crippen LogP contribution in [0.1, 0.15) is 82.7 Å². The van der Waals surface area contributed by atoms with E-state index < -0.39 is 185 Å². The number of anilines is 3. The molecule has 13 N–H and O–H groups in total. The number of aromatic amines is 3. The van der Waals surface area contributed by atoms with Crippen LogP contribution >= 0.6 is 79.8 Å². The van der Waals surface area contributed by atoms with Crippen molar-refractivity contribution in [2.75, 3.05) is 117 Å². The highest BCUT2D eigenvalue weighted by Crippen LogP contribution is 2.61. The van der Waals surface area contributed by atoms with Crippen LogP contribution in [0.5, 0.6) is 0 Å². The Morgan fingerprint density at radius 3 is 1.71 bits per heavy atom. The first kappa shape index (κ1) is 93.1. The summed E-state index contributed by atoms with van der Waals surface area (Å²) in [6.07, 6.45) is -13.5.